The van der Waals surface area contributed by atoms with Crippen molar-refractivity contribution in [3.8, 4) is 0 Å². The highest BCUT2D eigenvalue weighted by Crippen LogP contribution is 2.32. The summed E-state index contributed by atoms with van der Waals surface area (Å²) in [4.78, 5) is 27.3. The van der Waals surface area contributed by atoms with E-state index in [0.29, 0.717) is 11.3 Å². The maximum absolute atomic E-state index is 13.8. The Balaban J connectivity index is 2.24. The monoisotopic (exact) mass is 270 g/mol. The van der Waals surface area contributed by atoms with E-state index in [1.54, 1.807) is 12.3 Å². The molecule has 1 aromatic rings. The lowest BCUT2D eigenvalue weighted by atomic mass is 10.0. The number of carbonyl (C=O) groups excluding carboxylic acids is 2. The Morgan fingerprint density at radius 3 is 2.94 bits per heavy atom. The van der Waals surface area contributed by atoms with E-state index in [1.165, 1.54) is 6.92 Å². The maximum Gasteiger partial charge on any atom is 0.349 e. The van der Waals surface area contributed by atoms with Crippen molar-refractivity contribution in [3.63, 3.8) is 0 Å². The van der Waals surface area contributed by atoms with Gasteiger partial charge in [0.15, 0.2) is 0 Å². The molecule has 0 saturated heterocycles. The minimum Gasteiger partial charge on any atom is -0.351 e. The number of nitrogens with zero attached hydrogens (tertiary/aromatic N) is 1. The molecule has 0 aromatic carbocycles. The number of halogens is 1. The Kier molecular flexibility index (Phi) is 3.42. The summed E-state index contributed by atoms with van der Waals surface area (Å²) in [5.74, 6) is -2.13. The normalized spacial score (nSPS) is 18.5. The van der Waals surface area contributed by atoms with Gasteiger partial charge in [-0.15, -0.1) is 11.3 Å². The summed E-state index contributed by atoms with van der Waals surface area (Å²) in [5.41, 5.74) is 0.796. The van der Waals surface area contributed by atoms with Crippen LogP contribution >= 0.6 is 11.3 Å². The highest BCUT2D eigenvalue weighted by Gasteiger charge is 2.37. The van der Waals surface area contributed by atoms with Crippen LogP contribution in [0.4, 0.5) is 4.39 Å². The van der Waals surface area contributed by atoms with Crippen molar-refractivity contribution in [3.05, 3.63) is 21.6 Å². The number of oxime groups is 1. The lowest BCUT2D eigenvalue weighted by Crippen LogP contribution is -2.30. The molecule has 1 amide bonds. The topological polar surface area (TPSA) is 67.8 Å². The molecule has 0 spiro atoms. The summed E-state index contributed by atoms with van der Waals surface area (Å²) in [6, 6.07) is 0. The minimum atomic E-state index is -0.851. The fraction of sp³-hybridized carbons (Fsp3) is 0.364. The van der Waals surface area contributed by atoms with E-state index in [4.69, 9.17) is 0 Å². The van der Waals surface area contributed by atoms with Gasteiger partial charge in [0.05, 0.1) is 17.1 Å². The molecule has 0 fully saturated rings. The first-order chi connectivity index (χ1) is 8.50. The number of amides is 1. The summed E-state index contributed by atoms with van der Waals surface area (Å²) in [6.45, 7) is 3.05. The molecule has 1 atom stereocenters. The summed E-state index contributed by atoms with van der Waals surface area (Å²) in [7, 11) is 0. The van der Waals surface area contributed by atoms with E-state index in [1.807, 2.05) is 0 Å². The van der Waals surface area contributed by atoms with Crippen LogP contribution in [0.25, 0.3) is 0 Å². The Bertz CT molecular complexity index is 538. The molecule has 5 nitrogen and oxygen atoms in total. The van der Waals surface area contributed by atoms with Crippen LogP contribution < -0.4 is 5.32 Å². The van der Waals surface area contributed by atoms with Crippen molar-refractivity contribution in [1.29, 1.82) is 0 Å². The molecule has 0 bridgehead atoms. The third kappa shape index (κ3) is 2.26. The summed E-state index contributed by atoms with van der Waals surface area (Å²) < 4.78 is 13.8. The van der Waals surface area contributed by atoms with E-state index in [9.17, 15) is 14.0 Å². The van der Waals surface area contributed by atoms with Crippen LogP contribution in [0.2, 0.25) is 0 Å². The highest BCUT2D eigenvalue weighted by atomic mass is 32.1. The van der Waals surface area contributed by atoms with E-state index in [2.05, 4.69) is 15.3 Å². The summed E-state index contributed by atoms with van der Waals surface area (Å²) in [5, 5.41) is 7.73. The van der Waals surface area contributed by atoms with Gasteiger partial charge in [0.2, 0.25) is 5.91 Å². The molecule has 1 aliphatic rings. The summed E-state index contributed by atoms with van der Waals surface area (Å²) >= 11 is 1.15. The molecule has 1 aliphatic heterocycles. The molecule has 18 heavy (non-hydrogen) atoms. The summed E-state index contributed by atoms with van der Waals surface area (Å²) in [6.07, 6.45) is 0. The molecule has 1 aromatic heterocycles. The van der Waals surface area contributed by atoms with Gasteiger partial charge in [0, 0.05) is 6.92 Å². The van der Waals surface area contributed by atoms with Crippen molar-refractivity contribution in [1.82, 2.24) is 5.32 Å². The molecule has 0 radical (unpaired) electrons. The average Bonchev–Trinajstić information content (AvgIpc) is 2.82. The average molecular weight is 270 g/mol. The second-order valence-electron chi connectivity index (χ2n) is 3.93. The zero-order chi connectivity index (χ0) is 13.3. The second kappa shape index (κ2) is 4.85. The van der Waals surface area contributed by atoms with Gasteiger partial charge in [-0.2, -0.15) is 0 Å². The van der Waals surface area contributed by atoms with Crippen molar-refractivity contribution < 1.29 is 18.8 Å². The zero-order valence-electron chi connectivity index (χ0n) is 9.82. The Morgan fingerprint density at radius 2 is 2.39 bits per heavy atom. The molecule has 1 unspecified atom stereocenters. The number of aryl methyl sites for hydroxylation is 1. The van der Waals surface area contributed by atoms with E-state index in [0.717, 1.165) is 11.3 Å². The molecule has 1 N–H and O–H groups in total. The zero-order valence-corrected chi connectivity index (χ0v) is 10.6. The van der Waals surface area contributed by atoms with Gasteiger partial charge >= 0.3 is 5.97 Å². The number of hydrogen-bond donors (Lipinski definition) is 1. The number of rotatable bonds is 3. The lowest BCUT2D eigenvalue weighted by molar-refractivity contribution is -0.141. The van der Waals surface area contributed by atoms with Gasteiger partial charge < -0.3 is 10.2 Å². The van der Waals surface area contributed by atoms with Gasteiger partial charge in [-0.25, -0.2) is 9.18 Å². The van der Waals surface area contributed by atoms with Crippen LogP contribution in [0.15, 0.2) is 10.5 Å². The molecular weight excluding hydrogens is 259 g/mol. The van der Waals surface area contributed by atoms with Crippen LogP contribution in [-0.4, -0.2) is 24.1 Å². The van der Waals surface area contributed by atoms with Crippen LogP contribution in [0.5, 0.6) is 0 Å². The second-order valence-corrected chi connectivity index (χ2v) is 4.84. The van der Waals surface area contributed by atoms with Crippen LogP contribution in [0.1, 0.15) is 23.3 Å². The van der Waals surface area contributed by atoms with Crippen LogP contribution in [-0.2, 0) is 14.4 Å². The molecule has 7 heteroatoms. The van der Waals surface area contributed by atoms with E-state index >= 15 is 0 Å². The first kappa shape index (κ1) is 12.7. The molecular formula is C11H11FN2O3S. The van der Waals surface area contributed by atoms with Gasteiger partial charge in [0.25, 0.3) is 0 Å². The fourth-order valence-corrected chi connectivity index (χ4v) is 2.64. The third-order valence-corrected chi connectivity index (χ3v) is 3.67. The van der Waals surface area contributed by atoms with Crippen molar-refractivity contribution >= 4 is 28.9 Å². The number of thiophene rings is 1. The first-order valence-electron chi connectivity index (χ1n) is 5.26. The third-order valence-electron chi connectivity index (χ3n) is 2.53. The predicted molar refractivity (Wildman–Crippen MR) is 64.0 cm³/mol. The fourth-order valence-electron chi connectivity index (χ4n) is 1.60. The highest BCUT2D eigenvalue weighted by molar-refractivity contribution is 7.10. The Labute approximate surface area is 107 Å². The Morgan fingerprint density at radius 1 is 1.67 bits per heavy atom. The SMILES string of the molecule is CC(=O)NCC1=NOC(=O)C1c1scc(C)c1F. The lowest BCUT2D eigenvalue weighted by Gasteiger charge is -2.07. The number of nitrogens with one attached hydrogen (secondary N) is 1. The van der Waals surface area contributed by atoms with Gasteiger partial charge in [-0.1, -0.05) is 5.16 Å². The molecule has 0 aliphatic carbocycles. The van der Waals surface area contributed by atoms with Crippen LogP contribution in [0.3, 0.4) is 0 Å². The molecule has 2 rings (SSSR count). The first-order valence-corrected chi connectivity index (χ1v) is 6.14. The molecule has 0 saturated carbocycles. The minimum absolute atomic E-state index is 0.0716. The van der Waals surface area contributed by atoms with Crippen molar-refractivity contribution in [2.45, 2.75) is 19.8 Å². The smallest absolute Gasteiger partial charge is 0.349 e. The molecule has 96 valence electrons. The Hall–Kier alpha value is -1.76. The predicted octanol–water partition coefficient (Wildman–Crippen LogP) is 1.33. The van der Waals surface area contributed by atoms with E-state index in [-0.39, 0.29) is 17.3 Å². The van der Waals surface area contributed by atoms with Gasteiger partial charge in [-0.3, -0.25) is 4.79 Å². The number of carbonyl (C=O) groups is 2. The van der Waals surface area contributed by atoms with Gasteiger partial charge in [-0.05, 0) is 17.9 Å². The van der Waals surface area contributed by atoms with Crippen molar-refractivity contribution in [2.24, 2.45) is 5.16 Å². The van der Waals surface area contributed by atoms with Crippen LogP contribution in [0, 0.1) is 12.7 Å². The number of hydrogen-bond acceptors (Lipinski definition) is 5. The van der Waals surface area contributed by atoms with E-state index < -0.39 is 17.7 Å². The quantitative estimate of drug-likeness (QED) is 0.842. The standard InChI is InChI=1S/C11H11FN2O3S/c1-5-4-18-10(9(5)12)8-7(3-13-6(2)15)14-17-11(8)16/h4,8H,3H2,1-2H3,(H,13,15). The molecule has 2 heterocycles. The maximum atomic E-state index is 13.8. The van der Waals surface area contributed by atoms with Gasteiger partial charge in [0.1, 0.15) is 11.7 Å². The largest absolute Gasteiger partial charge is 0.351 e. The van der Waals surface area contributed by atoms with Crippen molar-refractivity contribution in [2.75, 3.05) is 6.54 Å².